The van der Waals surface area contributed by atoms with Crippen molar-refractivity contribution in [1.29, 1.82) is 0 Å². The topological polar surface area (TPSA) is 46.3 Å². The van der Waals surface area contributed by atoms with Crippen LogP contribution >= 0.6 is 0 Å². The van der Waals surface area contributed by atoms with Crippen molar-refractivity contribution in [3.8, 4) is 0 Å². The average Bonchev–Trinajstić information content (AvgIpc) is 1.85. The lowest BCUT2D eigenvalue weighted by Gasteiger charge is -2.25. The minimum absolute atomic E-state index is 0.142. The normalized spacial score (nSPS) is 11.4. The molecule has 0 heterocycles. The summed E-state index contributed by atoms with van der Waals surface area (Å²) in [5.41, 5.74) is 5.03. The Morgan fingerprint density at radius 1 is 1.45 bits per heavy atom. The van der Waals surface area contributed by atoms with Crippen molar-refractivity contribution in [3.63, 3.8) is 0 Å². The van der Waals surface area contributed by atoms with Gasteiger partial charge in [-0.15, -0.1) is 0 Å². The zero-order valence-corrected chi connectivity index (χ0v) is 7.85. The van der Waals surface area contributed by atoms with E-state index in [1.807, 2.05) is 20.8 Å². The van der Waals surface area contributed by atoms with Crippen molar-refractivity contribution in [1.82, 2.24) is 4.90 Å². The van der Waals surface area contributed by atoms with Crippen LogP contribution in [0.1, 0.15) is 20.8 Å². The third kappa shape index (κ3) is 3.37. The van der Waals surface area contributed by atoms with Gasteiger partial charge < -0.3 is 10.6 Å². The summed E-state index contributed by atoms with van der Waals surface area (Å²) in [7, 11) is 1.78. The third-order valence-corrected chi connectivity index (χ3v) is 1.45. The van der Waals surface area contributed by atoms with Crippen LogP contribution in [0.4, 0.5) is 0 Å². The van der Waals surface area contributed by atoms with Gasteiger partial charge in [-0.05, 0) is 0 Å². The van der Waals surface area contributed by atoms with Gasteiger partial charge >= 0.3 is 0 Å². The summed E-state index contributed by atoms with van der Waals surface area (Å²) in [6.07, 6.45) is 0. The van der Waals surface area contributed by atoms with Crippen LogP contribution in [0.25, 0.3) is 0 Å². The molecule has 0 aliphatic carbocycles. The largest absolute Gasteiger partial charge is 0.344 e. The third-order valence-electron chi connectivity index (χ3n) is 1.45. The second-order valence-corrected chi connectivity index (χ2v) is 3.77. The second kappa shape index (κ2) is 3.72. The predicted octanol–water partition coefficient (Wildman–Crippen LogP) is 0.450. The Hall–Kier alpha value is -0.570. The molecule has 3 nitrogen and oxygen atoms in total. The van der Waals surface area contributed by atoms with Gasteiger partial charge in [0.1, 0.15) is 0 Å². The molecule has 0 bridgehead atoms. The first-order valence-corrected chi connectivity index (χ1v) is 3.85. The lowest BCUT2D eigenvalue weighted by Crippen LogP contribution is -2.39. The molecule has 0 saturated carbocycles. The predicted molar refractivity (Wildman–Crippen MR) is 46.1 cm³/mol. The minimum atomic E-state index is -0.288. The number of likely N-dealkylation sites (N-methyl/N-ethyl adjacent to an activating group) is 1. The van der Waals surface area contributed by atoms with Crippen molar-refractivity contribution in [2.24, 2.45) is 11.1 Å². The summed E-state index contributed by atoms with van der Waals surface area (Å²) in [5, 5.41) is 0. The number of carbonyl (C=O) groups is 1. The molecule has 0 fully saturated rings. The quantitative estimate of drug-likeness (QED) is 0.634. The van der Waals surface area contributed by atoms with Crippen LogP contribution in [0.2, 0.25) is 0 Å². The zero-order chi connectivity index (χ0) is 9.07. The molecule has 0 unspecified atom stereocenters. The van der Waals surface area contributed by atoms with Crippen LogP contribution in [0.5, 0.6) is 0 Å². The highest BCUT2D eigenvalue weighted by molar-refractivity contribution is 5.81. The molecule has 0 atom stereocenters. The van der Waals surface area contributed by atoms with Gasteiger partial charge in [-0.2, -0.15) is 0 Å². The van der Waals surface area contributed by atoms with Crippen LogP contribution in [-0.2, 0) is 4.79 Å². The first kappa shape index (κ1) is 10.4. The molecule has 0 aromatic carbocycles. The van der Waals surface area contributed by atoms with Crippen molar-refractivity contribution in [2.75, 3.05) is 20.1 Å². The van der Waals surface area contributed by atoms with Crippen molar-refractivity contribution >= 4 is 5.91 Å². The van der Waals surface area contributed by atoms with Crippen molar-refractivity contribution in [3.05, 3.63) is 0 Å². The van der Waals surface area contributed by atoms with Crippen molar-refractivity contribution in [2.45, 2.75) is 20.8 Å². The number of hydrogen-bond acceptors (Lipinski definition) is 2. The summed E-state index contributed by atoms with van der Waals surface area (Å²) in [4.78, 5) is 13.1. The van der Waals surface area contributed by atoms with E-state index in [0.717, 1.165) is 0 Å². The van der Waals surface area contributed by atoms with Crippen LogP contribution in [0, 0.1) is 5.41 Å². The molecular weight excluding hydrogens is 140 g/mol. The Morgan fingerprint density at radius 3 is 2.18 bits per heavy atom. The molecule has 0 aliphatic heterocycles. The fourth-order valence-corrected chi connectivity index (χ4v) is 0.868. The molecule has 66 valence electrons. The van der Waals surface area contributed by atoms with E-state index >= 15 is 0 Å². The monoisotopic (exact) mass is 158 g/mol. The van der Waals surface area contributed by atoms with Gasteiger partial charge in [-0.1, -0.05) is 20.8 Å². The summed E-state index contributed by atoms with van der Waals surface area (Å²) in [5.74, 6) is 0.142. The van der Waals surface area contributed by atoms with Gasteiger partial charge in [-0.25, -0.2) is 0 Å². The highest BCUT2D eigenvalue weighted by atomic mass is 16.2. The number of amides is 1. The lowest BCUT2D eigenvalue weighted by molar-refractivity contribution is -0.137. The molecule has 0 saturated heterocycles. The molecule has 0 rings (SSSR count). The van der Waals surface area contributed by atoms with Gasteiger partial charge in [0.2, 0.25) is 5.91 Å². The van der Waals surface area contributed by atoms with Gasteiger partial charge in [-0.3, -0.25) is 4.79 Å². The van der Waals surface area contributed by atoms with E-state index in [2.05, 4.69) is 0 Å². The molecule has 0 aromatic rings. The van der Waals surface area contributed by atoms with E-state index in [-0.39, 0.29) is 11.3 Å². The molecule has 1 amide bonds. The molecule has 11 heavy (non-hydrogen) atoms. The van der Waals surface area contributed by atoms with Crippen LogP contribution in [0.15, 0.2) is 0 Å². The van der Waals surface area contributed by atoms with Gasteiger partial charge in [0.25, 0.3) is 0 Å². The highest BCUT2D eigenvalue weighted by Gasteiger charge is 2.23. The second-order valence-electron chi connectivity index (χ2n) is 3.77. The Balaban J connectivity index is 4.03. The van der Waals surface area contributed by atoms with Crippen molar-refractivity contribution < 1.29 is 4.79 Å². The van der Waals surface area contributed by atoms with Gasteiger partial charge in [0.15, 0.2) is 0 Å². The van der Waals surface area contributed by atoms with E-state index in [9.17, 15) is 4.79 Å². The molecule has 0 radical (unpaired) electrons. The first-order chi connectivity index (χ1) is 4.89. The van der Waals surface area contributed by atoms with E-state index in [0.29, 0.717) is 13.1 Å². The lowest BCUT2D eigenvalue weighted by atomic mass is 9.95. The molecule has 0 spiro atoms. The summed E-state index contributed by atoms with van der Waals surface area (Å²) in [6, 6.07) is 0. The standard InChI is InChI=1S/C8H18N2O/c1-8(2,3)7(11)10(4)6-5-9/h5-6,9H2,1-4H3. The Bertz CT molecular complexity index is 138. The van der Waals surface area contributed by atoms with E-state index in [1.165, 1.54) is 0 Å². The Kier molecular flexibility index (Phi) is 3.52. The van der Waals surface area contributed by atoms with E-state index < -0.39 is 0 Å². The highest BCUT2D eigenvalue weighted by Crippen LogP contribution is 2.15. The summed E-state index contributed by atoms with van der Waals surface area (Å²) in [6.45, 7) is 6.88. The van der Waals surface area contributed by atoms with Crippen LogP contribution in [0.3, 0.4) is 0 Å². The van der Waals surface area contributed by atoms with Crippen LogP contribution in [-0.4, -0.2) is 30.9 Å². The molecule has 0 aliphatic rings. The number of nitrogens with zero attached hydrogens (tertiary/aromatic N) is 1. The SMILES string of the molecule is CN(CCN)C(=O)C(C)(C)C. The summed E-state index contributed by atoms with van der Waals surface area (Å²) < 4.78 is 0. The maximum Gasteiger partial charge on any atom is 0.227 e. The fourth-order valence-electron chi connectivity index (χ4n) is 0.868. The van der Waals surface area contributed by atoms with Crippen LogP contribution < -0.4 is 5.73 Å². The minimum Gasteiger partial charge on any atom is -0.344 e. The molecule has 0 aromatic heterocycles. The number of nitrogens with two attached hydrogens (primary N) is 1. The number of hydrogen-bond donors (Lipinski definition) is 1. The van der Waals surface area contributed by atoms with E-state index in [4.69, 9.17) is 5.73 Å². The smallest absolute Gasteiger partial charge is 0.227 e. The average molecular weight is 158 g/mol. The molecule has 2 N–H and O–H groups in total. The maximum atomic E-state index is 11.4. The Morgan fingerprint density at radius 2 is 1.91 bits per heavy atom. The fraction of sp³-hybridized carbons (Fsp3) is 0.875. The Labute approximate surface area is 68.6 Å². The molecular formula is C8H18N2O. The molecule has 3 heteroatoms. The zero-order valence-electron chi connectivity index (χ0n) is 7.85. The first-order valence-electron chi connectivity index (χ1n) is 3.85. The van der Waals surface area contributed by atoms with Gasteiger partial charge in [0.05, 0.1) is 0 Å². The number of carbonyl (C=O) groups excluding carboxylic acids is 1. The summed E-state index contributed by atoms with van der Waals surface area (Å²) >= 11 is 0. The maximum absolute atomic E-state index is 11.4. The number of rotatable bonds is 2. The van der Waals surface area contributed by atoms with E-state index in [1.54, 1.807) is 11.9 Å². The van der Waals surface area contributed by atoms with Gasteiger partial charge in [0, 0.05) is 25.6 Å².